The van der Waals surface area contributed by atoms with Crippen molar-refractivity contribution in [2.75, 3.05) is 39.6 Å². The molecule has 3 aliphatic heterocycles. The third-order valence-electron chi connectivity index (χ3n) is 16.9. The van der Waals surface area contributed by atoms with E-state index in [0.29, 0.717) is 46.5 Å². The maximum absolute atomic E-state index is 14.5. The Kier molecular flexibility index (Phi) is 23.5. The Labute approximate surface area is 546 Å². The molecular weight excluding hydrogens is 1230 g/mol. The predicted octanol–water partition coefficient (Wildman–Crippen LogP) is 11.9. The van der Waals surface area contributed by atoms with E-state index in [0.717, 1.165) is 5.56 Å². The summed E-state index contributed by atoms with van der Waals surface area (Å²) in [4.78, 5) is 57.0. The highest BCUT2D eigenvalue weighted by Crippen LogP contribution is 2.45. The summed E-state index contributed by atoms with van der Waals surface area (Å²) in [6.45, 7) is 21.0. The van der Waals surface area contributed by atoms with Crippen molar-refractivity contribution in [2.24, 2.45) is 0 Å². The van der Waals surface area contributed by atoms with Gasteiger partial charge in [-0.05, 0) is 116 Å². The average molecular weight is 1320 g/mol. The molecule has 3 aliphatic rings. The highest BCUT2D eigenvalue weighted by molar-refractivity contribution is 6.75. The predicted molar refractivity (Wildman–Crippen MR) is 347 cm³/mol. The minimum Gasteiger partial charge on any atom is -0.541 e. The monoisotopic (exact) mass is 1310 g/mol. The molecule has 9 rings (SSSR count). The zero-order valence-electron chi connectivity index (χ0n) is 54.6. The van der Waals surface area contributed by atoms with Gasteiger partial charge in [-0.15, -0.1) is 0 Å². The van der Waals surface area contributed by atoms with Gasteiger partial charge < -0.3 is 75.2 Å². The third kappa shape index (κ3) is 19.2. The van der Waals surface area contributed by atoms with Crippen LogP contribution in [0.4, 0.5) is 0 Å². The lowest BCUT2D eigenvalue weighted by Crippen LogP contribution is -2.67. The Morgan fingerprint density at radius 3 is 1.32 bits per heavy atom. The van der Waals surface area contributed by atoms with Gasteiger partial charge in [-0.3, -0.25) is 0 Å². The second-order valence-electron chi connectivity index (χ2n) is 25.9. The van der Waals surface area contributed by atoms with Gasteiger partial charge in [0.1, 0.15) is 52.8 Å². The van der Waals surface area contributed by atoms with Gasteiger partial charge in [-0.25, -0.2) is 19.2 Å². The zero-order valence-corrected chi connectivity index (χ0v) is 56.6. The molecule has 0 radical (unpaired) electrons. The molecule has 3 fully saturated rings. The molecule has 93 heavy (non-hydrogen) atoms. The quantitative estimate of drug-likeness (QED) is 0.0266. The first-order valence-electron chi connectivity index (χ1n) is 31.3. The van der Waals surface area contributed by atoms with Gasteiger partial charge in [0.25, 0.3) is 16.6 Å². The first-order valence-corrected chi connectivity index (χ1v) is 37.1. The second-order valence-corrected chi connectivity index (χ2v) is 35.3. The molecule has 0 aliphatic carbocycles. The van der Waals surface area contributed by atoms with Gasteiger partial charge in [0.2, 0.25) is 0 Å². The van der Waals surface area contributed by atoms with Gasteiger partial charge in [-0.2, -0.15) is 0 Å². The Hall–Kier alpha value is -7.81. The number of carbonyl (C=O) groups excluding carboxylic acids is 4. The molecule has 20 nitrogen and oxygen atoms in total. The summed E-state index contributed by atoms with van der Waals surface area (Å²) >= 11 is 0. The van der Waals surface area contributed by atoms with Gasteiger partial charge in [0.05, 0.1) is 19.3 Å². The number of esters is 4. The topological polar surface area (TPSA) is 216 Å². The fourth-order valence-corrected chi connectivity index (χ4v) is 11.8. The lowest BCUT2D eigenvalue weighted by atomic mass is 9.95. The number of para-hydroxylation sites is 4. The molecule has 11 atom stereocenters. The minimum absolute atomic E-state index is 0.00237. The van der Waals surface area contributed by atoms with E-state index in [2.05, 4.69) is 67.7 Å². The average Bonchev–Trinajstić information content (AvgIpc) is 0.815. The van der Waals surface area contributed by atoms with E-state index in [1.165, 1.54) is 0 Å². The molecule has 498 valence electrons. The Morgan fingerprint density at radius 2 is 0.871 bits per heavy atom. The molecule has 0 amide bonds. The van der Waals surface area contributed by atoms with Crippen LogP contribution in [0.1, 0.15) is 65.9 Å². The van der Waals surface area contributed by atoms with Crippen molar-refractivity contribution in [3.8, 4) is 34.5 Å². The normalized spacial score (nSPS) is 23.2. The molecule has 0 unspecified atom stereocenters. The molecule has 0 spiro atoms. The van der Waals surface area contributed by atoms with Crippen molar-refractivity contribution in [1.29, 1.82) is 0 Å². The lowest BCUT2D eigenvalue weighted by Gasteiger charge is -2.50. The van der Waals surface area contributed by atoms with Crippen LogP contribution < -0.4 is 27.8 Å². The highest BCUT2D eigenvalue weighted by atomic mass is 28.4. The van der Waals surface area contributed by atoms with Crippen molar-refractivity contribution >= 4 is 40.5 Å². The molecule has 0 saturated carbocycles. The standard InChI is InChI=1S/C71H86O20Si2/c1-47-61(84-57(72)43-77-50-29-19-13-20-30-50)63(85-58(73)44-78-51-31-21-14-22-32-51)66(87-60(75)46-80-53-35-25-16-26-36-53)69(82-47)89-64-62-56(42-81-67(88-62)49-27-17-12-18-28-49)83-68(65(64)86-59(74)45-79-52-33-23-15-24-34-52)76-40-39-48-37-38-54(90-92(8,9)70(2,3)4)55(41-48)91-93(10,11)71(5,6)7/h12-38,41,47,56,61-69H,39-40,42-46H2,1-11H3/t47-,56+,61-,62+,63+,64-,65+,66+,67+,68+,69-/m0/s1. The summed E-state index contributed by atoms with van der Waals surface area (Å²) < 4.78 is 103. The van der Waals surface area contributed by atoms with Gasteiger partial charge in [-0.1, -0.05) is 151 Å². The number of hydrogen-bond acceptors (Lipinski definition) is 20. The van der Waals surface area contributed by atoms with Crippen LogP contribution in [0.5, 0.6) is 34.5 Å². The fourth-order valence-electron chi connectivity index (χ4n) is 9.80. The molecule has 0 N–H and O–H groups in total. The first-order chi connectivity index (χ1) is 44.4. The smallest absolute Gasteiger partial charge is 0.344 e. The van der Waals surface area contributed by atoms with Gasteiger partial charge >= 0.3 is 23.9 Å². The van der Waals surface area contributed by atoms with Crippen molar-refractivity contribution in [2.45, 2.75) is 159 Å². The summed E-state index contributed by atoms with van der Waals surface area (Å²) in [6.07, 6.45) is -15.1. The molecular formula is C71H86O20Si2. The molecule has 22 heteroatoms. The number of benzene rings is 6. The largest absolute Gasteiger partial charge is 0.541 e. The third-order valence-corrected chi connectivity index (χ3v) is 25.6. The van der Waals surface area contributed by atoms with Crippen LogP contribution in [0, 0.1) is 0 Å². The van der Waals surface area contributed by atoms with Crippen LogP contribution in [0.25, 0.3) is 0 Å². The maximum Gasteiger partial charge on any atom is 0.344 e. The van der Waals surface area contributed by atoms with E-state index < -0.39 is 135 Å². The van der Waals surface area contributed by atoms with E-state index in [1.807, 2.05) is 54.6 Å². The van der Waals surface area contributed by atoms with E-state index >= 15 is 0 Å². The van der Waals surface area contributed by atoms with Crippen LogP contribution in [0.15, 0.2) is 170 Å². The minimum atomic E-state index is -2.41. The summed E-state index contributed by atoms with van der Waals surface area (Å²) in [6, 6.07) is 49.6. The number of ether oxygens (including phenoxy) is 14. The number of fused-ring (bicyclic) bond motifs is 1. The van der Waals surface area contributed by atoms with Crippen LogP contribution in [0.3, 0.4) is 0 Å². The molecule has 3 heterocycles. The van der Waals surface area contributed by atoms with Crippen LogP contribution in [-0.2, 0) is 73.0 Å². The number of rotatable bonds is 27. The van der Waals surface area contributed by atoms with Crippen molar-refractivity contribution < 1.29 is 94.3 Å². The molecule has 6 aromatic rings. The van der Waals surface area contributed by atoms with Crippen molar-refractivity contribution in [1.82, 2.24) is 0 Å². The zero-order chi connectivity index (χ0) is 66.3. The summed E-state index contributed by atoms with van der Waals surface area (Å²) in [5.41, 5.74) is 1.50. The van der Waals surface area contributed by atoms with Gasteiger partial charge in [0, 0.05) is 5.56 Å². The second kappa shape index (κ2) is 31.4. The maximum atomic E-state index is 14.5. The van der Waals surface area contributed by atoms with Crippen LogP contribution >= 0.6 is 0 Å². The molecule has 3 saturated heterocycles. The van der Waals surface area contributed by atoms with E-state index in [9.17, 15) is 19.2 Å². The summed E-state index contributed by atoms with van der Waals surface area (Å²) in [5, 5.41) is -0.221. The fraction of sp³-hybridized carbons (Fsp3) is 0.437. The van der Waals surface area contributed by atoms with Crippen LogP contribution in [-0.4, -0.2) is 142 Å². The Balaban J connectivity index is 1.08. The summed E-state index contributed by atoms with van der Waals surface area (Å²) in [5.74, 6) is -0.859. The van der Waals surface area contributed by atoms with Gasteiger partial charge in [0.15, 0.2) is 69.7 Å². The highest BCUT2D eigenvalue weighted by Gasteiger charge is 2.58. The van der Waals surface area contributed by atoms with E-state index in [-0.39, 0.29) is 23.3 Å². The Bertz CT molecular complexity index is 3350. The Morgan fingerprint density at radius 1 is 0.462 bits per heavy atom. The number of carbonyl (C=O) groups is 4. The van der Waals surface area contributed by atoms with Crippen molar-refractivity contribution in [3.05, 3.63) is 181 Å². The molecule has 0 bridgehead atoms. The van der Waals surface area contributed by atoms with E-state index in [4.69, 9.17) is 75.2 Å². The lowest BCUT2D eigenvalue weighted by molar-refractivity contribution is -0.391. The SMILES string of the molecule is C[C@@H]1O[C@@H](O[C@@H]2[C@@H](OC(=O)COc3ccccc3)[C@H](OCCc3ccc(O[Si](C)(C)C(C)(C)C)c(O[Si](C)(C)C(C)(C)C)c3)O[C@@H]3CO[C@@H](c4ccccc4)O[C@@H]23)[C@H](OC(=O)COc2ccccc2)[C@H](OC(=O)COc2ccccc2)[C@H]1OC(=O)COc1ccccc1. The summed E-state index contributed by atoms with van der Waals surface area (Å²) in [7, 11) is -4.74. The first kappa shape index (κ1) is 69.5. The molecule has 0 aromatic heterocycles. The van der Waals surface area contributed by atoms with Crippen LogP contribution in [0.2, 0.25) is 36.3 Å². The van der Waals surface area contributed by atoms with Crippen molar-refractivity contribution in [3.63, 3.8) is 0 Å². The molecule has 6 aromatic carbocycles. The van der Waals surface area contributed by atoms with E-state index in [1.54, 1.807) is 122 Å². The number of hydrogen-bond donors (Lipinski definition) is 0.